The topological polar surface area (TPSA) is 69.3 Å². The van der Waals surface area contributed by atoms with Gasteiger partial charge in [-0.25, -0.2) is 4.68 Å². The fourth-order valence-corrected chi connectivity index (χ4v) is 3.76. The summed E-state index contributed by atoms with van der Waals surface area (Å²) in [4.78, 5) is 12.4. The molecular weight excluding hydrogens is 354 g/mol. The Morgan fingerprint density at radius 3 is 2.82 bits per heavy atom. The van der Waals surface area contributed by atoms with Crippen molar-refractivity contribution in [3.8, 4) is 5.75 Å². The molecule has 0 atom stereocenters. The molecule has 1 aliphatic carbocycles. The molecule has 0 fully saturated rings. The van der Waals surface area contributed by atoms with Crippen LogP contribution in [0.5, 0.6) is 5.75 Å². The molecule has 1 amide bonds. The van der Waals surface area contributed by atoms with Crippen LogP contribution in [0.25, 0.3) is 11.0 Å². The van der Waals surface area contributed by atoms with E-state index in [1.54, 1.807) is 0 Å². The molecule has 6 heteroatoms. The Balaban J connectivity index is 1.45. The third kappa shape index (κ3) is 3.63. The van der Waals surface area contributed by atoms with Gasteiger partial charge in [0.25, 0.3) is 5.91 Å². The second-order valence-corrected chi connectivity index (χ2v) is 8.46. The van der Waals surface area contributed by atoms with Gasteiger partial charge in [-0.2, -0.15) is 5.10 Å². The van der Waals surface area contributed by atoms with Gasteiger partial charge >= 0.3 is 0 Å². The molecular formula is C22H27N3O3. The molecule has 0 radical (unpaired) electrons. The first-order valence-corrected chi connectivity index (χ1v) is 9.85. The normalized spacial score (nSPS) is 14.1. The van der Waals surface area contributed by atoms with Crippen molar-refractivity contribution in [1.82, 2.24) is 9.78 Å². The zero-order chi connectivity index (χ0) is 19.9. The lowest BCUT2D eigenvalue weighted by Gasteiger charge is -2.22. The molecule has 0 unspecified atom stereocenters. The van der Waals surface area contributed by atoms with Gasteiger partial charge in [0, 0.05) is 23.4 Å². The highest BCUT2D eigenvalue weighted by atomic mass is 16.5. The zero-order valence-corrected chi connectivity index (χ0v) is 17.0. The number of nitrogens with zero attached hydrogens (tertiary/aromatic N) is 2. The standard InChI is InChI=1S/C22H27N3O3/c1-14-11-20(25(24-14)22(2,3)4)23-21(26)13-27-15-9-10-19-17(12-15)16-7-5-6-8-18(16)28-19/h9-12H,5-8,13H2,1-4H3,(H,23,26). The van der Waals surface area contributed by atoms with Crippen LogP contribution in [0.4, 0.5) is 5.82 Å². The van der Waals surface area contributed by atoms with Crippen molar-refractivity contribution >= 4 is 22.7 Å². The highest BCUT2D eigenvalue weighted by molar-refractivity contribution is 5.91. The predicted molar refractivity (Wildman–Crippen MR) is 109 cm³/mol. The summed E-state index contributed by atoms with van der Waals surface area (Å²) in [7, 11) is 0. The minimum atomic E-state index is -0.219. The number of nitrogens with one attached hydrogen (secondary N) is 1. The molecule has 0 bridgehead atoms. The molecule has 1 aromatic carbocycles. The van der Waals surface area contributed by atoms with Crippen molar-refractivity contribution in [2.75, 3.05) is 11.9 Å². The highest BCUT2D eigenvalue weighted by Crippen LogP contribution is 2.34. The molecule has 4 rings (SSSR count). The van der Waals surface area contributed by atoms with Crippen molar-refractivity contribution in [1.29, 1.82) is 0 Å². The first-order valence-electron chi connectivity index (χ1n) is 9.85. The number of aryl methyl sites for hydroxylation is 3. The van der Waals surface area contributed by atoms with Gasteiger partial charge in [0.1, 0.15) is 22.9 Å². The van der Waals surface area contributed by atoms with Gasteiger partial charge in [-0.1, -0.05) is 0 Å². The second-order valence-electron chi connectivity index (χ2n) is 8.46. The maximum absolute atomic E-state index is 12.4. The molecule has 0 aliphatic heterocycles. The number of rotatable bonds is 4. The van der Waals surface area contributed by atoms with E-state index >= 15 is 0 Å². The number of amides is 1. The van der Waals surface area contributed by atoms with Crippen LogP contribution < -0.4 is 10.1 Å². The lowest BCUT2D eigenvalue weighted by atomic mass is 9.96. The third-order valence-corrected chi connectivity index (χ3v) is 5.03. The van der Waals surface area contributed by atoms with Crippen molar-refractivity contribution in [2.45, 2.75) is 58.9 Å². The summed E-state index contributed by atoms with van der Waals surface area (Å²) in [6, 6.07) is 7.64. The van der Waals surface area contributed by atoms with Crippen LogP contribution in [-0.4, -0.2) is 22.3 Å². The number of fused-ring (bicyclic) bond motifs is 3. The van der Waals surface area contributed by atoms with Crippen molar-refractivity contribution in [3.63, 3.8) is 0 Å². The number of anilines is 1. The molecule has 28 heavy (non-hydrogen) atoms. The lowest BCUT2D eigenvalue weighted by Crippen LogP contribution is -2.28. The first kappa shape index (κ1) is 18.6. The van der Waals surface area contributed by atoms with E-state index in [2.05, 4.69) is 10.4 Å². The van der Waals surface area contributed by atoms with Crippen LogP contribution in [0.1, 0.15) is 50.6 Å². The molecule has 3 aromatic rings. The Morgan fingerprint density at radius 1 is 1.25 bits per heavy atom. The monoisotopic (exact) mass is 381 g/mol. The molecule has 0 saturated carbocycles. The number of carbonyl (C=O) groups excluding carboxylic acids is 1. The van der Waals surface area contributed by atoms with E-state index in [1.807, 2.05) is 56.6 Å². The Morgan fingerprint density at radius 2 is 2.04 bits per heavy atom. The lowest BCUT2D eigenvalue weighted by molar-refractivity contribution is -0.118. The molecule has 1 aliphatic rings. The Hall–Kier alpha value is -2.76. The largest absolute Gasteiger partial charge is 0.484 e. The fourth-order valence-electron chi connectivity index (χ4n) is 3.76. The number of ether oxygens (including phenoxy) is 1. The van der Waals surface area contributed by atoms with Crippen LogP contribution >= 0.6 is 0 Å². The second kappa shape index (κ2) is 7.00. The number of carbonyl (C=O) groups is 1. The molecule has 2 heterocycles. The van der Waals surface area contributed by atoms with Gasteiger partial charge in [-0.05, 0) is 65.2 Å². The summed E-state index contributed by atoms with van der Waals surface area (Å²) >= 11 is 0. The van der Waals surface area contributed by atoms with Crippen molar-refractivity contribution in [3.05, 3.63) is 41.3 Å². The zero-order valence-electron chi connectivity index (χ0n) is 17.0. The number of hydrogen-bond donors (Lipinski definition) is 1. The maximum Gasteiger partial charge on any atom is 0.263 e. The minimum absolute atomic E-state index is 0.0556. The first-order chi connectivity index (χ1) is 13.3. The summed E-state index contributed by atoms with van der Waals surface area (Å²) < 4.78 is 13.5. The minimum Gasteiger partial charge on any atom is -0.484 e. The molecule has 6 nitrogen and oxygen atoms in total. The molecule has 0 saturated heterocycles. The van der Waals surface area contributed by atoms with E-state index in [1.165, 1.54) is 18.4 Å². The predicted octanol–water partition coefficient (Wildman–Crippen LogP) is 4.59. The van der Waals surface area contributed by atoms with E-state index in [0.29, 0.717) is 11.6 Å². The SMILES string of the molecule is Cc1cc(NC(=O)COc2ccc3oc4c(c3c2)CCCC4)n(C(C)(C)C)n1. The highest BCUT2D eigenvalue weighted by Gasteiger charge is 2.21. The number of benzene rings is 1. The number of furan rings is 1. The van der Waals surface area contributed by atoms with E-state index in [9.17, 15) is 4.79 Å². The smallest absolute Gasteiger partial charge is 0.263 e. The Bertz CT molecular complexity index is 1020. The third-order valence-electron chi connectivity index (χ3n) is 5.03. The number of aromatic nitrogens is 2. The quantitative estimate of drug-likeness (QED) is 0.718. The van der Waals surface area contributed by atoms with Gasteiger partial charge < -0.3 is 14.5 Å². The van der Waals surface area contributed by atoms with Crippen LogP contribution in [0.15, 0.2) is 28.7 Å². The van der Waals surface area contributed by atoms with Gasteiger partial charge in [0.05, 0.1) is 11.2 Å². The molecule has 148 valence electrons. The van der Waals surface area contributed by atoms with Gasteiger partial charge in [0.2, 0.25) is 0 Å². The summed E-state index contributed by atoms with van der Waals surface area (Å²) in [5.41, 5.74) is 2.83. The van der Waals surface area contributed by atoms with Crippen LogP contribution in [0.3, 0.4) is 0 Å². The van der Waals surface area contributed by atoms with Crippen molar-refractivity contribution in [2.24, 2.45) is 0 Å². The molecule has 2 aromatic heterocycles. The summed E-state index contributed by atoms with van der Waals surface area (Å²) in [6.07, 6.45) is 4.42. The van der Waals surface area contributed by atoms with E-state index in [-0.39, 0.29) is 18.1 Å². The molecule has 1 N–H and O–H groups in total. The van der Waals surface area contributed by atoms with Gasteiger partial charge in [-0.3, -0.25) is 4.79 Å². The van der Waals surface area contributed by atoms with Crippen molar-refractivity contribution < 1.29 is 13.9 Å². The fraction of sp³-hybridized carbons (Fsp3) is 0.455. The summed E-state index contributed by atoms with van der Waals surface area (Å²) in [5.74, 6) is 2.25. The molecule has 0 spiro atoms. The number of hydrogen-bond acceptors (Lipinski definition) is 4. The van der Waals surface area contributed by atoms with E-state index in [0.717, 1.165) is 35.3 Å². The summed E-state index contributed by atoms with van der Waals surface area (Å²) in [5, 5.41) is 8.49. The average molecular weight is 381 g/mol. The van der Waals surface area contributed by atoms with E-state index in [4.69, 9.17) is 9.15 Å². The maximum atomic E-state index is 12.4. The van der Waals surface area contributed by atoms with Crippen LogP contribution in [0.2, 0.25) is 0 Å². The van der Waals surface area contributed by atoms with Crippen LogP contribution in [-0.2, 0) is 23.2 Å². The summed E-state index contributed by atoms with van der Waals surface area (Å²) in [6.45, 7) is 8.00. The Kier molecular flexibility index (Phi) is 4.65. The Labute approximate surface area is 164 Å². The van der Waals surface area contributed by atoms with Crippen LogP contribution in [0, 0.1) is 6.92 Å². The van der Waals surface area contributed by atoms with Gasteiger partial charge in [-0.15, -0.1) is 0 Å². The van der Waals surface area contributed by atoms with Gasteiger partial charge in [0.15, 0.2) is 6.61 Å². The van der Waals surface area contributed by atoms with E-state index < -0.39 is 0 Å². The average Bonchev–Trinajstić information content (AvgIpc) is 3.19.